The van der Waals surface area contributed by atoms with Crippen LogP contribution in [0.2, 0.25) is 0 Å². The van der Waals surface area contributed by atoms with Gasteiger partial charge in [0.1, 0.15) is 5.78 Å². The molecule has 0 aromatic rings. The molecule has 4 rings (SSSR count). The van der Waals surface area contributed by atoms with E-state index in [0.717, 1.165) is 32.1 Å². The maximum absolute atomic E-state index is 12.1. The third kappa shape index (κ3) is 2.97. The van der Waals surface area contributed by atoms with Crippen molar-refractivity contribution >= 4 is 11.8 Å². The molecule has 4 heteroatoms. The predicted octanol–water partition coefficient (Wildman–Crippen LogP) is 4.69. The first-order chi connectivity index (χ1) is 13.2. The van der Waals surface area contributed by atoms with Crippen molar-refractivity contribution in [1.29, 1.82) is 0 Å². The van der Waals surface area contributed by atoms with Crippen LogP contribution >= 0.6 is 0 Å². The van der Waals surface area contributed by atoms with Crippen molar-refractivity contribution in [2.75, 3.05) is 0 Å². The molecule has 28 heavy (non-hydrogen) atoms. The number of hydrogen-bond donors (Lipinski definition) is 2. The molecule has 0 aromatic heterocycles. The van der Waals surface area contributed by atoms with Crippen LogP contribution in [0.5, 0.6) is 0 Å². The number of carboxylic acids is 1. The standard InChI is InChI=1S/C24H38O4/c1-14(4-9-22(27)28)18-7-8-19-17-6-5-15-12-16(25)10-11-23(15,2)20(17)13-21(26)24(18,19)3/h14-15,17-21,26H,4-13H2,1-3H3,(H,27,28)/t14-,15+,17+,18+,19-,20+,21-,23-,24+/m0/s1. The van der Waals surface area contributed by atoms with Crippen molar-refractivity contribution in [1.82, 2.24) is 0 Å². The SMILES string of the molecule is C[C@@H](CCC(=O)O)[C@H]1CC[C@H]2[C@H]3CC[C@@H]4CC(=O)CC[C@]4(C)[C@@H]3C[C@H](O)[C@]12C. The topological polar surface area (TPSA) is 74.6 Å². The van der Waals surface area contributed by atoms with Gasteiger partial charge in [0.25, 0.3) is 0 Å². The van der Waals surface area contributed by atoms with E-state index in [2.05, 4.69) is 20.8 Å². The lowest BCUT2D eigenvalue weighted by atomic mass is 9.44. The van der Waals surface area contributed by atoms with Gasteiger partial charge in [-0.2, -0.15) is 0 Å². The maximum atomic E-state index is 12.1. The fourth-order valence-electron chi connectivity index (χ4n) is 8.52. The van der Waals surface area contributed by atoms with Gasteiger partial charge >= 0.3 is 5.97 Å². The van der Waals surface area contributed by atoms with Gasteiger partial charge in [0, 0.05) is 19.3 Å². The Morgan fingerprint density at radius 1 is 1.18 bits per heavy atom. The van der Waals surface area contributed by atoms with Gasteiger partial charge < -0.3 is 10.2 Å². The molecule has 9 atom stereocenters. The summed E-state index contributed by atoms with van der Waals surface area (Å²) in [5, 5.41) is 20.5. The third-order valence-corrected chi connectivity index (χ3v) is 10.2. The summed E-state index contributed by atoms with van der Waals surface area (Å²) in [6.45, 7) is 6.93. The molecule has 0 aliphatic heterocycles. The monoisotopic (exact) mass is 390 g/mol. The number of carbonyl (C=O) groups is 2. The van der Waals surface area contributed by atoms with E-state index in [1.807, 2.05) is 0 Å². The van der Waals surface area contributed by atoms with Gasteiger partial charge in [0.2, 0.25) is 0 Å². The Labute approximate surface area is 169 Å². The zero-order valence-electron chi connectivity index (χ0n) is 17.8. The Bertz CT molecular complexity index is 645. The zero-order valence-corrected chi connectivity index (χ0v) is 17.8. The first kappa shape index (κ1) is 20.4. The van der Waals surface area contributed by atoms with E-state index < -0.39 is 5.97 Å². The smallest absolute Gasteiger partial charge is 0.303 e. The molecule has 0 saturated heterocycles. The fourth-order valence-corrected chi connectivity index (χ4v) is 8.52. The van der Waals surface area contributed by atoms with Gasteiger partial charge in [-0.25, -0.2) is 0 Å². The van der Waals surface area contributed by atoms with Gasteiger partial charge in [-0.1, -0.05) is 20.8 Å². The summed E-state index contributed by atoms with van der Waals surface area (Å²) in [6, 6.07) is 0. The molecule has 0 heterocycles. The van der Waals surface area contributed by atoms with Crippen LogP contribution in [-0.2, 0) is 9.59 Å². The first-order valence-corrected chi connectivity index (χ1v) is 11.6. The van der Waals surface area contributed by atoms with Crippen molar-refractivity contribution in [2.45, 2.75) is 91.1 Å². The molecule has 0 spiro atoms. The molecule has 4 fully saturated rings. The number of fused-ring (bicyclic) bond motifs is 5. The number of Topliss-reactive ketones (excluding diaryl/α,β-unsaturated/α-hetero) is 1. The Kier molecular flexibility index (Phi) is 5.17. The molecule has 0 aromatic carbocycles. The number of rotatable bonds is 4. The van der Waals surface area contributed by atoms with E-state index in [1.54, 1.807) is 0 Å². The van der Waals surface area contributed by atoms with Crippen molar-refractivity contribution in [3.05, 3.63) is 0 Å². The number of carboxylic acid groups (broad SMARTS) is 1. The molecule has 4 saturated carbocycles. The quantitative estimate of drug-likeness (QED) is 0.730. The van der Waals surface area contributed by atoms with Gasteiger partial charge in [0.15, 0.2) is 0 Å². The van der Waals surface area contributed by atoms with Crippen LogP contribution in [0.1, 0.15) is 85.0 Å². The summed E-state index contributed by atoms with van der Waals surface area (Å²) < 4.78 is 0. The Morgan fingerprint density at radius 2 is 1.93 bits per heavy atom. The predicted molar refractivity (Wildman–Crippen MR) is 108 cm³/mol. The van der Waals surface area contributed by atoms with E-state index in [1.165, 1.54) is 19.3 Å². The minimum Gasteiger partial charge on any atom is -0.481 e. The average molecular weight is 391 g/mol. The lowest BCUT2D eigenvalue weighted by Crippen LogP contribution is -2.58. The second-order valence-corrected chi connectivity index (χ2v) is 11.1. The van der Waals surface area contributed by atoms with Crippen molar-refractivity contribution in [2.24, 2.45) is 46.3 Å². The van der Waals surface area contributed by atoms with Crippen LogP contribution in [0.25, 0.3) is 0 Å². The highest BCUT2D eigenvalue weighted by molar-refractivity contribution is 5.79. The Balaban J connectivity index is 1.57. The largest absolute Gasteiger partial charge is 0.481 e. The Morgan fingerprint density at radius 3 is 2.64 bits per heavy atom. The Hall–Kier alpha value is -0.900. The highest BCUT2D eigenvalue weighted by Gasteiger charge is 2.63. The highest BCUT2D eigenvalue weighted by atomic mass is 16.4. The number of carbonyl (C=O) groups excluding carboxylic acids is 1. The van der Waals surface area contributed by atoms with Crippen LogP contribution in [0.15, 0.2) is 0 Å². The molecule has 158 valence electrons. The zero-order chi connectivity index (χ0) is 20.3. The number of hydrogen-bond acceptors (Lipinski definition) is 3. The van der Waals surface area contributed by atoms with Gasteiger partial charge in [-0.15, -0.1) is 0 Å². The minimum atomic E-state index is -0.714. The van der Waals surface area contributed by atoms with E-state index in [9.17, 15) is 14.7 Å². The second-order valence-electron chi connectivity index (χ2n) is 11.1. The molecule has 4 nitrogen and oxygen atoms in total. The maximum Gasteiger partial charge on any atom is 0.303 e. The molecule has 0 amide bonds. The molecule has 0 radical (unpaired) electrons. The van der Waals surface area contributed by atoms with Crippen LogP contribution in [-0.4, -0.2) is 28.1 Å². The lowest BCUT2D eigenvalue weighted by molar-refractivity contribution is -0.171. The molecule has 4 aliphatic rings. The summed E-state index contributed by atoms with van der Waals surface area (Å²) >= 11 is 0. The van der Waals surface area contributed by atoms with Crippen molar-refractivity contribution < 1.29 is 19.8 Å². The van der Waals surface area contributed by atoms with E-state index in [4.69, 9.17) is 5.11 Å². The first-order valence-electron chi connectivity index (χ1n) is 11.6. The van der Waals surface area contributed by atoms with Crippen LogP contribution in [0, 0.1) is 46.3 Å². The molecule has 0 unspecified atom stereocenters. The van der Waals surface area contributed by atoms with Crippen LogP contribution in [0.4, 0.5) is 0 Å². The number of aliphatic hydroxyl groups excluding tert-OH is 1. The lowest BCUT2D eigenvalue weighted by Gasteiger charge is -2.62. The molecule has 2 N–H and O–H groups in total. The molecular weight excluding hydrogens is 352 g/mol. The molecule has 4 aliphatic carbocycles. The number of aliphatic carboxylic acids is 1. The average Bonchev–Trinajstić information content (AvgIpc) is 3.00. The summed E-state index contributed by atoms with van der Waals surface area (Å²) in [5.74, 6) is 2.76. The fraction of sp³-hybridized carbons (Fsp3) is 0.917. The van der Waals surface area contributed by atoms with Gasteiger partial charge in [-0.3, -0.25) is 9.59 Å². The third-order valence-electron chi connectivity index (χ3n) is 10.2. The van der Waals surface area contributed by atoms with Crippen LogP contribution in [0.3, 0.4) is 0 Å². The summed E-state index contributed by atoms with van der Waals surface area (Å²) in [5.41, 5.74) is 0.138. The van der Waals surface area contributed by atoms with Gasteiger partial charge in [0.05, 0.1) is 6.10 Å². The molecule has 0 bridgehead atoms. The number of aliphatic hydroxyl groups is 1. The van der Waals surface area contributed by atoms with E-state index >= 15 is 0 Å². The van der Waals surface area contributed by atoms with Gasteiger partial charge in [-0.05, 0) is 91.3 Å². The van der Waals surface area contributed by atoms with Crippen molar-refractivity contribution in [3.8, 4) is 0 Å². The van der Waals surface area contributed by atoms with Crippen LogP contribution < -0.4 is 0 Å². The van der Waals surface area contributed by atoms with Crippen molar-refractivity contribution in [3.63, 3.8) is 0 Å². The normalized spacial score (nSPS) is 49.1. The minimum absolute atomic E-state index is 0.0766. The second kappa shape index (κ2) is 7.11. The summed E-state index contributed by atoms with van der Waals surface area (Å²) in [4.78, 5) is 23.1. The van der Waals surface area contributed by atoms with E-state index in [0.29, 0.717) is 47.7 Å². The highest BCUT2D eigenvalue weighted by Crippen LogP contribution is 2.68. The van der Waals surface area contributed by atoms with E-state index in [-0.39, 0.29) is 23.4 Å². The summed E-state index contributed by atoms with van der Waals surface area (Å²) in [7, 11) is 0. The number of ketones is 1. The summed E-state index contributed by atoms with van der Waals surface area (Å²) in [6.07, 6.45) is 8.69. The molecular formula is C24H38O4.